The minimum atomic E-state index is -1.98. The summed E-state index contributed by atoms with van der Waals surface area (Å²) in [5.41, 5.74) is 0.915. The number of fused-ring (bicyclic) bond motifs is 1. The van der Waals surface area contributed by atoms with Gasteiger partial charge in [0.2, 0.25) is 5.78 Å². The Bertz CT molecular complexity index is 695. The van der Waals surface area contributed by atoms with Gasteiger partial charge in [0.1, 0.15) is 22.8 Å². The lowest BCUT2D eigenvalue weighted by atomic mass is 9.98. The summed E-state index contributed by atoms with van der Waals surface area (Å²) >= 11 is 0. The molecule has 2 N–H and O–H groups in total. The summed E-state index contributed by atoms with van der Waals surface area (Å²) in [5.74, 6) is -2.35. The van der Waals surface area contributed by atoms with E-state index in [4.69, 9.17) is 9.47 Å². The van der Waals surface area contributed by atoms with Gasteiger partial charge in [0.15, 0.2) is 0 Å². The highest BCUT2D eigenvalue weighted by Crippen LogP contribution is 2.43. The predicted octanol–water partition coefficient (Wildman–Crippen LogP) is 1.91. The summed E-state index contributed by atoms with van der Waals surface area (Å²) in [6, 6.07) is 11.7. The van der Waals surface area contributed by atoms with Crippen LogP contribution in [0.4, 0.5) is 0 Å². The number of hydrogen-bond donors (Lipinski definition) is 2. The molecule has 3 rings (SSSR count). The van der Waals surface area contributed by atoms with E-state index in [9.17, 15) is 15.0 Å². The molecular formula is C16H14O5. The van der Waals surface area contributed by atoms with Crippen molar-refractivity contribution >= 4 is 5.78 Å². The molecule has 0 fully saturated rings. The van der Waals surface area contributed by atoms with Crippen LogP contribution in [0.3, 0.4) is 0 Å². The Morgan fingerprint density at radius 1 is 1.24 bits per heavy atom. The molecule has 21 heavy (non-hydrogen) atoms. The van der Waals surface area contributed by atoms with Gasteiger partial charge in [-0.15, -0.1) is 0 Å². The molecule has 0 bridgehead atoms. The van der Waals surface area contributed by atoms with Gasteiger partial charge in [-0.3, -0.25) is 4.79 Å². The summed E-state index contributed by atoms with van der Waals surface area (Å²) in [7, 11) is 1.39. The first kappa shape index (κ1) is 13.5. The summed E-state index contributed by atoms with van der Waals surface area (Å²) in [4.78, 5) is 12.5. The fourth-order valence-corrected chi connectivity index (χ4v) is 2.45. The Morgan fingerprint density at radius 3 is 2.62 bits per heavy atom. The van der Waals surface area contributed by atoms with Crippen LogP contribution < -0.4 is 9.47 Å². The zero-order valence-electron chi connectivity index (χ0n) is 11.4. The van der Waals surface area contributed by atoms with Gasteiger partial charge >= 0.3 is 0 Å². The molecule has 0 saturated heterocycles. The zero-order chi connectivity index (χ0) is 15.0. The van der Waals surface area contributed by atoms with Crippen LogP contribution in [0.1, 0.15) is 15.9 Å². The highest BCUT2D eigenvalue weighted by Gasteiger charge is 2.48. The molecule has 2 aromatic rings. The lowest BCUT2D eigenvalue weighted by Crippen LogP contribution is -2.42. The monoisotopic (exact) mass is 286 g/mol. The maximum absolute atomic E-state index is 12.5. The number of carbonyl (C=O) groups is 1. The Kier molecular flexibility index (Phi) is 3.07. The average Bonchev–Trinajstić information content (AvgIpc) is 2.70. The SMILES string of the molecule is COc1cc(O)cc2c1C(=O)C(O)(Cc1ccccc1)O2. The minimum absolute atomic E-state index is 0.0191. The van der Waals surface area contributed by atoms with Crippen LogP contribution in [-0.2, 0) is 6.42 Å². The van der Waals surface area contributed by atoms with E-state index >= 15 is 0 Å². The lowest BCUT2D eigenvalue weighted by molar-refractivity contribution is -0.0888. The van der Waals surface area contributed by atoms with Crippen molar-refractivity contribution in [2.75, 3.05) is 7.11 Å². The molecule has 0 aromatic heterocycles. The van der Waals surface area contributed by atoms with Crippen molar-refractivity contribution in [3.8, 4) is 17.2 Å². The number of methoxy groups -OCH3 is 1. The third-order valence-electron chi connectivity index (χ3n) is 3.42. The van der Waals surface area contributed by atoms with Gasteiger partial charge in [0, 0.05) is 18.6 Å². The number of carbonyl (C=O) groups excluding carboxylic acids is 1. The van der Waals surface area contributed by atoms with Crippen LogP contribution >= 0.6 is 0 Å². The number of phenols is 1. The predicted molar refractivity (Wildman–Crippen MR) is 74.7 cm³/mol. The number of aromatic hydroxyl groups is 1. The first-order valence-electron chi connectivity index (χ1n) is 6.44. The molecule has 0 spiro atoms. The molecule has 5 heteroatoms. The topological polar surface area (TPSA) is 76.0 Å². The number of hydrogen-bond acceptors (Lipinski definition) is 5. The third kappa shape index (κ3) is 2.21. The Labute approximate surface area is 121 Å². The lowest BCUT2D eigenvalue weighted by Gasteiger charge is -2.20. The molecular weight excluding hydrogens is 272 g/mol. The average molecular weight is 286 g/mol. The second-order valence-electron chi connectivity index (χ2n) is 4.90. The zero-order valence-corrected chi connectivity index (χ0v) is 11.4. The van der Waals surface area contributed by atoms with Gasteiger partial charge in [-0.2, -0.15) is 0 Å². The van der Waals surface area contributed by atoms with E-state index in [0.29, 0.717) is 0 Å². The Balaban J connectivity index is 2.00. The van der Waals surface area contributed by atoms with E-state index in [-0.39, 0.29) is 29.2 Å². The highest BCUT2D eigenvalue weighted by atomic mass is 16.6. The maximum Gasteiger partial charge on any atom is 0.277 e. The van der Waals surface area contributed by atoms with Crippen LogP contribution in [-0.4, -0.2) is 28.9 Å². The number of phenolic OH excluding ortho intramolecular Hbond substituents is 1. The fraction of sp³-hybridized carbons (Fsp3) is 0.188. The number of benzene rings is 2. The molecule has 0 amide bonds. The molecule has 108 valence electrons. The molecule has 5 nitrogen and oxygen atoms in total. The second-order valence-corrected chi connectivity index (χ2v) is 4.90. The van der Waals surface area contributed by atoms with E-state index in [1.807, 2.05) is 18.2 Å². The molecule has 0 aliphatic carbocycles. The Morgan fingerprint density at radius 2 is 1.95 bits per heavy atom. The summed E-state index contributed by atoms with van der Waals surface area (Å²) < 4.78 is 10.5. The minimum Gasteiger partial charge on any atom is -0.508 e. The number of Topliss-reactive ketones (excluding diaryl/α,β-unsaturated/α-hetero) is 1. The van der Waals surface area contributed by atoms with Crippen molar-refractivity contribution in [2.45, 2.75) is 12.2 Å². The van der Waals surface area contributed by atoms with Gasteiger partial charge in [-0.1, -0.05) is 30.3 Å². The summed E-state index contributed by atoms with van der Waals surface area (Å²) in [6.45, 7) is 0. The number of ether oxygens (including phenoxy) is 2. The van der Waals surface area contributed by atoms with Crippen LogP contribution in [0.25, 0.3) is 0 Å². The molecule has 0 saturated carbocycles. The van der Waals surface area contributed by atoms with E-state index in [1.54, 1.807) is 12.1 Å². The van der Waals surface area contributed by atoms with Crippen molar-refractivity contribution < 1.29 is 24.5 Å². The van der Waals surface area contributed by atoms with E-state index < -0.39 is 11.6 Å². The molecule has 1 unspecified atom stereocenters. The first-order chi connectivity index (χ1) is 10.0. The third-order valence-corrected chi connectivity index (χ3v) is 3.42. The van der Waals surface area contributed by atoms with Crippen molar-refractivity contribution in [2.24, 2.45) is 0 Å². The molecule has 1 aliphatic rings. The highest BCUT2D eigenvalue weighted by molar-refractivity contribution is 6.08. The van der Waals surface area contributed by atoms with E-state index in [1.165, 1.54) is 19.2 Å². The van der Waals surface area contributed by atoms with Gasteiger partial charge in [-0.05, 0) is 5.56 Å². The molecule has 1 atom stereocenters. The van der Waals surface area contributed by atoms with Crippen LogP contribution in [0.5, 0.6) is 17.2 Å². The molecule has 0 radical (unpaired) electrons. The van der Waals surface area contributed by atoms with Crippen molar-refractivity contribution in [1.82, 2.24) is 0 Å². The van der Waals surface area contributed by atoms with Gasteiger partial charge < -0.3 is 19.7 Å². The smallest absolute Gasteiger partial charge is 0.277 e. The van der Waals surface area contributed by atoms with Gasteiger partial charge in [0.05, 0.1) is 7.11 Å². The molecule has 2 aromatic carbocycles. The summed E-state index contributed by atoms with van der Waals surface area (Å²) in [6.07, 6.45) is 0.0191. The van der Waals surface area contributed by atoms with Crippen molar-refractivity contribution in [1.29, 1.82) is 0 Å². The van der Waals surface area contributed by atoms with Crippen LogP contribution in [0.2, 0.25) is 0 Å². The fourth-order valence-electron chi connectivity index (χ4n) is 2.45. The van der Waals surface area contributed by atoms with Gasteiger partial charge in [0.25, 0.3) is 5.79 Å². The number of ketones is 1. The quantitative estimate of drug-likeness (QED) is 0.901. The Hall–Kier alpha value is -2.53. The number of aliphatic hydroxyl groups is 1. The number of rotatable bonds is 3. The van der Waals surface area contributed by atoms with E-state index in [2.05, 4.69) is 0 Å². The van der Waals surface area contributed by atoms with Gasteiger partial charge in [-0.25, -0.2) is 0 Å². The standard InChI is InChI=1S/C16H14O5/c1-20-12-7-11(17)8-13-14(12)15(18)16(19,21-13)9-10-5-3-2-4-6-10/h2-8,17,19H,9H2,1H3. The maximum atomic E-state index is 12.5. The molecule has 1 heterocycles. The second kappa shape index (κ2) is 4.79. The normalized spacial score (nSPS) is 20.0. The first-order valence-corrected chi connectivity index (χ1v) is 6.44. The molecule has 1 aliphatic heterocycles. The van der Waals surface area contributed by atoms with Crippen LogP contribution in [0, 0.1) is 0 Å². The van der Waals surface area contributed by atoms with E-state index in [0.717, 1.165) is 5.56 Å². The van der Waals surface area contributed by atoms with Crippen molar-refractivity contribution in [3.63, 3.8) is 0 Å². The largest absolute Gasteiger partial charge is 0.508 e. The summed E-state index contributed by atoms with van der Waals surface area (Å²) in [5, 5.41) is 20.1. The van der Waals surface area contributed by atoms with Crippen molar-refractivity contribution in [3.05, 3.63) is 53.6 Å². The van der Waals surface area contributed by atoms with Crippen LogP contribution in [0.15, 0.2) is 42.5 Å².